The molecule has 0 fully saturated rings. The molecule has 0 radical (unpaired) electrons. The predicted molar refractivity (Wildman–Crippen MR) is 76.7 cm³/mol. The van der Waals surface area contributed by atoms with Crippen molar-refractivity contribution < 1.29 is 4.74 Å². The van der Waals surface area contributed by atoms with Gasteiger partial charge in [0.15, 0.2) is 0 Å². The molecule has 17 heavy (non-hydrogen) atoms. The van der Waals surface area contributed by atoms with E-state index >= 15 is 0 Å². The van der Waals surface area contributed by atoms with E-state index in [2.05, 4.69) is 11.2 Å². The first kappa shape index (κ1) is 13.6. The van der Waals surface area contributed by atoms with Gasteiger partial charge in [-0.15, -0.1) is 18.2 Å². The van der Waals surface area contributed by atoms with Gasteiger partial charge in [0.25, 0.3) is 0 Å². The van der Waals surface area contributed by atoms with E-state index in [-0.39, 0.29) is 0 Å². The van der Waals surface area contributed by atoms with E-state index in [1.807, 2.05) is 25.1 Å². The Bertz CT molecular complexity index is 387. The van der Waals surface area contributed by atoms with Gasteiger partial charge in [0, 0.05) is 24.1 Å². The van der Waals surface area contributed by atoms with Crippen molar-refractivity contribution in [3.05, 3.63) is 18.2 Å². The fraction of sp³-hybridized carbons (Fsp3) is 0.385. The molecule has 0 spiro atoms. The van der Waals surface area contributed by atoms with Crippen LogP contribution in [-0.4, -0.2) is 24.7 Å². The maximum atomic E-state index is 5.79. The molecule has 0 aliphatic rings. The molecule has 0 atom stereocenters. The van der Waals surface area contributed by atoms with Crippen molar-refractivity contribution in [1.82, 2.24) is 0 Å². The van der Waals surface area contributed by atoms with Gasteiger partial charge in [0.1, 0.15) is 5.75 Å². The van der Waals surface area contributed by atoms with E-state index in [0.29, 0.717) is 12.3 Å². The summed E-state index contributed by atoms with van der Waals surface area (Å²) in [5.41, 5.74) is 7.47. The van der Waals surface area contributed by atoms with Crippen LogP contribution < -0.4 is 15.8 Å². The summed E-state index contributed by atoms with van der Waals surface area (Å²) in [6, 6.07) is 5.72. The van der Waals surface area contributed by atoms with Crippen LogP contribution in [0.25, 0.3) is 0 Å². The van der Waals surface area contributed by atoms with E-state index < -0.39 is 0 Å². The molecular formula is C13H18N2OS. The van der Waals surface area contributed by atoms with Crippen molar-refractivity contribution in [3.63, 3.8) is 0 Å². The zero-order valence-electron chi connectivity index (χ0n) is 10.0. The van der Waals surface area contributed by atoms with E-state index in [0.717, 1.165) is 29.5 Å². The quantitative estimate of drug-likeness (QED) is 0.443. The van der Waals surface area contributed by atoms with Crippen LogP contribution in [0.3, 0.4) is 0 Å². The molecule has 0 aliphatic carbocycles. The average molecular weight is 250 g/mol. The summed E-state index contributed by atoms with van der Waals surface area (Å²) in [5.74, 6) is 5.07. The van der Waals surface area contributed by atoms with Crippen molar-refractivity contribution >= 4 is 23.1 Å². The van der Waals surface area contributed by atoms with Crippen LogP contribution in [0.2, 0.25) is 0 Å². The fourth-order valence-corrected chi connectivity index (χ4v) is 1.83. The first-order chi connectivity index (χ1) is 8.27. The minimum atomic E-state index is 0.617. The maximum absolute atomic E-state index is 5.79. The largest absolute Gasteiger partial charge is 0.492 e. The first-order valence-corrected chi connectivity index (χ1v) is 6.70. The Morgan fingerprint density at radius 1 is 1.53 bits per heavy atom. The molecule has 0 aromatic heterocycles. The van der Waals surface area contributed by atoms with Crippen LogP contribution in [-0.2, 0) is 0 Å². The number of nitrogen functional groups attached to an aromatic ring is 1. The van der Waals surface area contributed by atoms with Gasteiger partial charge in [-0.25, -0.2) is 0 Å². The molecular weight excluding hydrogens is 232 g/mol. The Kier molecular flexibility index (Phi) is 6.19. The van der Waals surface area contributed by atoms with E-state index in [4.69, 9.17) is 16.9 Å². The van der Waals surface area contributed by atoms with Crippen LogP contribution in [0.1, 0.15) is 6.92 Å². The first-order valence-electron chi connectivity index (χ1n) is 5.55. The molecule has 0 heterocycles. The lowest BCUT2D eigenvalue weighted by Gasteiger charge is -2.10. The second-order valence-electron chi connectivity index (χ2n) is 3.37. The summed E-state index contributed by atoms with van der Waals surface area (Å²) in [6.45, 7) is 3.43. The Morgan fingerprint density at radius 2 is 2.35 bits per heavy atom. The Morgan fingerprint density at radius 3 is 3.06 bits per heavy atom. The topological polar surface area (TPSA) is 47.3 Å². The normalized spacial score (nSPS) is 9.65. The average Bonchev–Trinajstić information content (AvgIpc) is 2.33. The second-order valence-corrected chi connectivity index (χ2v) is 4.47. The molecule has 1 rings (SSSR count). The number of benzene rings is 1. The number of thioether (sulfide) groups is 1. The number of ether oxygens (including phenoxy) is 1. The van der Waals surface area contributed by atoms with Crippen molar-refractivity contribution in [3.8, 4) is 18.1 Å². The number of nitrogens with one attached hydrogen (secondary N) is 1. The molecule has 1 aromatic rings. The maximum Gasteiger partial charge on any atom is 0.144 e. The van der Waals surface area contributed by atoms with Gasteiger partial charge >= 0.3 is 0 Å². The van der Waals surface area contributed by atoms with Crippen LogP contribution in [0, 0.1) is 12.3 Å². The van der Waals surface area contributed by atoms with Gasteiger partial charge in [-0.1, -0.05) is 5.92 Å². The monoisotopic (exact) mass is 250 g/mol. The molecule has 3 N–H and O–H groups in total. The highest BCUT2D eigenvalue weighted by molar-refractivity contribution is 7.99. The highest BCUT2D eigenvalue weighted by Crippen LogP contribution is 2.25. The lowest BCUT2D eigenvalue weighted by Crippen LogP contribution is -2.05. The van der Waals surface area contributed by atoms with E-state index in [9.17, 15) is 0 Å². The molecule has 3 nitrogen and oxygen atoms in total. The van der Waals surface area contributed by atoms with Crippen molar-refractivity contribution in [2.24, 2.45) is 0 Å². The number of hydrogen-bond acceptors (Lipinski definition) is 4. The molecule has 0 saturated heterocycles. The van der Waals surface area contributed by atoms with Crippen LogP contribution in [0.5, 0.6) is 5.75 Å². The van der Waals surface area contributed by atoms with Gasteiger partial charge in [0.2, 0.25) is 0 Å². The molecule has 0 saturated carbocycles. The smallest absolute Gasteiger partial charge is 0.144 e. The molecule has 0 unspecified atom stereocenters. The van der Waals surface area contributed by atoms with E-state index in [1.165, 1.54) is 0 Å². The summed E-state index contributed by atoms with van der Waals surface area (Å²) >= 11 is 1.74. The van der Waals surface area contributed by atoms with Crippen LogP contribution >= 0.6 is 11.8 Å². The molecule has 92 valence electrons. The third kappa shape index (κ3) is 4.92. The zero-order chi connectivity index (χ0) is 12.5. The van der Waals surface area contributed by atoms with Gasteiger partial charge in [-0.05, 0) is 19.1 Å². The minimum Gasteiger partial charge on any atom is -0.492 e. The lowest BCUT2D eigenvalue weighted by atomic mass is 10.2. The minimum absolute atomic E-state index is 0.617. The zero-order valence-corrected chi connectivity index (χ0v) is 10.8. The SMILES string of the molecule is C#CCSCCNc1ccc(N)c(OCC)c1. The molecule has 1 aromatic carbocycles. The summed E-state index contributed by atoms with van der Waals surface area (Å²) in [4.78, 5) is 0. The lowest BCUT2D eigenvalue weighted by molar-refractivity contribution is 0.342. The van der Waals surface area contributed by atoms with Gasteiger partial charge in [-0.3, -0.25) is 0 Å². The van der Waals surface area contributed by atoms with Crippen molar-refractivity contribution in [2.45, 2.75) is 6.92 Å². The number of nitrogens with two attached hydrogens (primary N) is 1. The highest BCUT2D eigenvalue weighted by Gasteiger charge is 2.01. The summed E-state index contributed by atoms with van der Waals surface area (Å²) < 4.78 is 5.43. The van der Waals surface area contributed by atoms with Crippen LogP contribution in [0.4, 0.5) is 11.4 Å². The third-order valence-electron chi connectivity index (χ3n) is 2.07. The Balaban J connectivity index is 2.43. The third-order valence-corrected chi connectivity index (χ3v) is 2.94. The molecule has 0 aliphatic heterocycles. The molecule has 4 heteroatoms. The highest BCUT2D eigenvalue weighted by atomic mass is 32.2. The summed E-state index contributed by atoms with van der Waals surface area (Å²) in [6.07, 6.45) is 5.17. The summed E-state index contributed by atoms with van der Waals surface area (Å²) in [7, 11) is 0. The molecule has 0 amide bonds. The molecule has 0 bridgehead atoms. The second kappa shape index (κ2) is 7.75. The predicted octanol–water partition coefficient (Wildman–Crippen LogP) is 2.45. The number of rotatable bonds is 7. The number of hydrogen-bond donors (Lipinski definition) is 2. The van der Waals surface area contributed by atoms with E-state index in [1.54, 1.807) is 11.8 Å². The number of anilines is 2. The standard InChI is InChI=1S/C13H18N2OS/c1-3-8-17-9-7-15-11-5-6-12(14)13(10-11)16-4-2/h1,5-6,10,15H,4,7-9,14H2,2H3. The van der Waals surface area contributed by atoms with Gasteiger partial charge < -0.3 is 15.8 Å². The number of terminal acetylenes is 1. The van der Waals surface area contributed by atoms with Gasteiger partial charge in [-0.2, -0.15) is 0 Å². The Labute approximate surface area is 107 Å². The Hall–Kier alpha value is -1.47. The van der Waals surface area contributed by atoms with Crippen LogP contribution in [0.15, 0.2) is 18.2 Å². The van der Waals surface area contributed by atoms with Gasteiger partial charge in [0.05, 0.1) is 18.0 Å². The van der Waals surface area contributed by atoms with Crippen molar-refractivity contribution in [1.29, 1.82) is 0 Å². The summed E-state index contributed by atoms with van der Waals surface area (Å²) in [5, 5.41) is 3.30. The van der Waals surface area contributed by atoms with Crippen molar-refractivity contribution in [2.75, 3.05) is 35.7 Å². The fourth-order valence-electron chi connectivity index (χ4n) is 1.32.